The summed E-state index contributed by atoms with van der Waals surface area (Å²) < 4.78 is 2.03. The summed E-state index contributed by atoms with van der Waals surface area (Å²) in [5, 5.41) is 1.11. The van der Waals surface area contributed by atoms with E-state index >= 15 is 0 Å². The number of fused-ring (bicyclic) bond motifs is 1. The van der Waals surface area contributed by atoms with Crippen molar-refractivity contribution in [2.24, 2.45) is 5.73 Å². The Hall–Kier alpha value is -1.23. The van der Waals surface area contributed by atoms with Crippen LogP contribution in [0.1, 0.15) is 17.2 Å². The van der Waals surface area contributed by atoms with Gasteiger partial charge in [-0.2, -0.15) is 0 Å². The Morgan fingerprint density at radius 2 is 1.65 bits per heavy atom. The molecule has 1 atom stereocenters. The normalized spacial score (nSPS) is 12.6. The third-order valence-corrected chi connectivity index (χ3v) is 4.15. The first kappa shape index (κ1) is 13.7. The van der Waals surface area contributed by atoms with Crippen molar-refractivity contribution in [1.82, 2.24) is 4.98 Å². The molecule has 100 valence electrons. The van der Waals surface area contributed by atoms with Gasteiger partial charge in [-0.15, -0.1) is 0 Å². The Balaban J connectivity index is 2.05. The maximum absolute atomic E-state index is 6.38. The summed E-state index contributed by atoms with van der Waals surface area (Å²) in [6.45, 7) is 0. The number of benzene rings is 2. The predicted molar refractivity (Wildman–Crippen MR) is 89.6 cm³/mol. The molecule has 0 radical (unpaired) electrons. The zero-order valence-corrected chi connectivity index (χ0v) is 13.7. The van der Waals surface area contributed by atoms with Gasteiger partial charge in [-0.3, -0.25) is 4.98 Å². The lowest BCUT2D eigenvalue weighted by molar-refractivity contribution is 0.871. The van der Waals surface area contributed by atoms with Crippen LogP contribution in [0.25, 0.3) is 10.9 Å². The minimum absolute atomic E-state index is 0.159. The molecule has 4 heteroatoms. The summed E-state index contributed by atoms with van der Waals surface area (Å²) in [7, 11) is 0. The average molecular weight is 392 g/mol. The molecule has 0 fully saturated rings. The quantitative estimate of drug-likeness (QED) is 0.680. The van der Waals surface area contributed by atoms with E-state index in [-0.39, 0.29) is 6.04 Å². The molecule has 1 aromatic heterocycles. The van der Waals surface area contributed by atoms with Crippen LogP contribution in [-0.4, -0.2) is 4.98 Å². The van der Waals surface area contributed by atoms with Gasteiger partial charge >= 0.3 is 0 Å². The SMILES string of the molecule is NC(c1cc(Br)cc(Br)c1)c1ccc2ncccc2c1. The molecule has 0 amide bonds. The molecular formula is C16H12Br2N2. The van der Waals surface area contributed by atoms with Gasteiger partial charge in [-0.25, -0.2) is 0 Å². The van der Waals surface area contributed by atoms with Crippen molar-refractivity contribution in [3.8, 4) is 0 Å². The van der Waals surface area contributed by atoms with E-state index in [1.165, 1.54) is 0 Å². The molecule has 0 bridgehead atoms. The van der Waals surface area contributed by atoms with E-state index in [0.717, 1.165) is 31.0 Å². The zero-order chi connectivity index (χ0) is 14.1. The summed E-state index contributed by atoms with van der Waals surface area (Å²) >= 11 is 7.00. The second-order valence-electron chi connectivity index (χ2n) is 4.64. The number of rotatable bonds is 2. The van der Waals surface area contributed by atoms with Crippen molar-refractivity contribution >= 4 is 42.8 Å². The Bertz CT molecular complexity index is 751. The van der Waals surface area contributed by atoms with Crippen molar-refractivity contribution in [2.45, 2.75) is 6.04 Å². The smallest absolute Gasteiger partial charge is 0.0702 e. The molecular weight excluding hydrogens is 380 g/mol. The molecule has 0 aliphatic carbocycles. The Kier molecular flexibility index (Phi) is 3.87. The van der Waals surface area contributed by atoms with Crippen LogP contribution in [0.2, 0.25) is 0 Å². The maximum atomic E-state index is 6.38. The highest BCUT2D eigenvalue weighted by Crippen LogP contribution is 2.28. The molecule has 2 aromatic carbocycles. The fraction of sp³-hybridized carbons (Fsp3) is 0.0625. The van der Waals surface area contributed by atoms with Gasteiger partial charge in [-0.05, 0) is 47.5 Å². The van der Waals surface area contributed by atoms with E-state index in [2.05, 4.69) is 49.0 Å². The molecule has 20 heavy (non-hydrogen) atoms. The van der Waals surface area contributed by atoms with Gasteiger partial charge < -0.3 is 5.73 Å². The van der Waals surface area contributed by atoms with Gasteiger partial charge in [0.15, 0.2) is 0 Å². The van der Waals surface area contributed by atoms with Crippen LogP contribution in [0, 0.1) is 0 Å². The number of pyridine rings is 1. The summed E-state index contributed by atoms with van der Waals surface area (Å²) in [4.78, 5) is 4.33. The summed E-state index contributed by atoms with van der Waals surface area (Å²) in [5.41, 5.74) is 9.51. The van der Waals surface area contributed by atoms with E-state index in [0.29, 0.717) is 0 Å². The highest BCUT2D eigenvalue weighted by molar-refractivity contribution is 9.11. The van der Waals surface area contributed by atoms with Crippen LogP contribution >= 0.6 is 31.9 Å². The fourth-order valence-corrected chi connectivity index (χ4v) is 3.56. The van der Waals surface area contributed by atoms with E-state index in [4.69, 9.17) is 5.73 Å². The van der Waals surface area contributed by atoms with Crippen LogP contribution < -0.4 is 5.73 Å². The van der Waals surface area contributed by atoms with Gasteiger partial charge in [-0.1, -0.05) is 44.0 Å². The first-order valence-electron chi connectivity index (χ1n) is 6.20. The zero-order valence-electron chi connectivity index (χ0n) is 10.6. The average Bonchev–Trinajstić information content (AvgIpc) is 2.45. The molecule has 3 aromatic rings. The lowest BCUT2D eigenvalue weighted by atomic mass is 9.98. The molecule has 0 aliphatic heterocycles. The van der Waals surface area contributed by atoms with E-state index in [1.807, 2.05) is 36.4 Å². The highest BCUT2D eigenvalue weighted by atomic mass is 79.9. The number of hydrogen-bond donors (Lipinski definition) is 1. The molecule has 1 heterocycles. The van der Waals surface area contributed by atoms with Crippen molar-refractivity contribution < 1.29 is 0 Å². The number of halogens is 2. The van der Waals surface area contributed by atoms with Gasteiger partial charge in [0.2, 0.25) is 0 Å². The minimum Gasteiger partial charge on any atom is -0.320 e. The molecule has 0 saturated heterocycles. The minimum atomic E-state index is -0.159. The number of nitrogens with zero attached hydrogens (tertiary/aromatic N) is 1. The van der Waals surface area contributed by atoms with Crippen LogP contribution in [0.15, 0.2) is 63.7 Å². The third-order valence-electron chi connectivity index (χ3n) is 3.23. The number of aromatic nitrogens is 1. The summed E-state index contributed by atoms with van der Waals surface area (Å²) in [6.07, 6.45) is 1.80. The lowest BCUT2D eigenvalue weighted by Gasteiger charge is -2.14. The molecule has 2 nitrogen and oxygen atoms in total. The fourth-order valence-electron chi connectivity index (χ4n) is 2.23. The van der Waals surface area contributed by atoms with Crippen LogP contribution in [0.3, 0.4) is 0 Å². The van der Waals surface area contributed by atoms with E-state index in [1.54, 1.807) is 6.20 Å². The third kappa shape index (κ3) is 2.77. The first-order chi connectivity index (χ1) is 9.63. The first-order valence-corrected chi connectivity index (χ1v) is 7.78. The monoisotopic (exact) mass is 390 g/mol. The molecule has 0 aliphatic rings. The summed E-state index contributed by atoms with van der Waals surface area (Å²) in [6, 6.07) is 16.1. The van der Waals surface area contributed by atoms with E-state index < -0.39 is 0 Å². The topological polar surface area (TPSA) is 38.9 Å². The van der Waals surface area contributed by atoms with Gasteiger partial charge in [0, 0.05) is 20.5 Å². The Morgan fingerprint density at radius 3 is 2.40 bits per heavy atom. The Morgan fingerprint density at radius 1 is 0.900 bits per heavy atom. The molecule has 1 unspecified atom stereocenters. The molecule has 2 N–H and O–H groups in total. The number of hydrogen-bond acceptors (Lipinski definition) is 2. The molecule has 0 saturated carbocycles. The number of nitrogens with two attached hydrogens (primary N) is 1. The summed E-state index contributed by atoms with van der Waals surface area (Å²) in [5.74, 6) is 0. The van der Waals surface area contributed by atoms with Gasteiger partial charge in [0.25, 0.3) is 0 Å². The second kappa shape index (κ2) is 5.64. The standard InChI is InChI=1S/C16H12Br2N2/c17-13-7-12(8-14(18)9-13)16(19)11-3-4-15-10(6-11)2-1-5-20-15/h1-9,16H,19H2. The van der Waals surface area contributed by atoms with Crippen LogP contribution in [0.4, 0.5) is 0 Å². The maximum Gasteiger partial charge on any atom is 0.0702 e. The van der Waals surface area contributed by atoms with E-state index in [9.17, 15) is 0 Å². The highest BCUT2D eigenvalue weighted by Gasteiger charge is 2.11. The molecule has 3 rings (SSSR count). The van der Waals surface area contributed by atoms with Crippen molar-refractivity contribution in [3.05, 3.63) is 74.8 Å². The lowest BCUT2D eigenvalue weighted by Crippen LogP contribution is -2.11. The molecule has 0 spiro atoms. The predicted octanol–water partition coefficient (Wildman–Crippen LogP) is 4.81. The second-order valence-corrected chi connectivity index (χ2v) is 6.47. The van der Waals surface area contributed by atoms with Gasteiger partial charge in [0.05, 0.1) is 11.6 Å². The van der Waals surface area contributed by atoms with Crippen LogP contribution in [0.5, 0.6) is 0 Å². The van der Waals surface area contributed by atoms with Crippen molar-refractivity contribution in [2.75, 3.05) is 0 Å². The van der Waals surface area contributed by atoms with Crippen LogP contribution in [-0.2, 0) is 0 Å². The van der Waals surface area contributed by atoms with Crippen molar-refractivity contribution in [1.29, 1.82) is 0 Å². The largest absolute Gasteiger partial charge is 0.320 e. The van der Waals surface area contributed by atoms with Gasteiger partial charge in [0.1, 0.15) is 0 Å². The Labute approximate surface area is 134 Å². The van der Waals surface area contributed by atoms with Crippen molar-refractivity contribution in [3.63, 3.8) is 0 Å².